The number of fused-ring (bicyclic) bond motifs is 1. The van der Waals surface area contributed by atoms with Gasteiger partial charge in [-0.3, -0.25) is 15.1 Å². The maximum atomic E-state index is 12.8. The van der Waals surface area contributed by atoms with Crippen LogP contribution >= 0.6 is 0 Å². The molecule has 1 aromatic rings. The van der Waals surface area contributed by atoms with Gasteiger partial charge in [0.2, 0.25) is 0 Å². The number of rotatable bonds is 3. The molecular formula is C21H30F3N3O4. The van der Waals surface area contributed by atoms with Gasteiger partial charge in [0.15, 0.2) is 0 Å². The van der Waals surface area contributed by atoms with Gasteiger partial charge in [-0.2, -0.15) is 13.2 Å². The van der Waals surface area contributed by atoms with Crippen LogP contribution in [0.1, 0.15) is 37.5 Å². The van der Waals surface area contributed by atoms with E-state index >= 15 is 0 Å². The smallest absolute Gasteiger partial charge is 0.386 e. The first-order valence-electron chi connectivity index (χ1n) is 10.5. The zero-order valence-electron chi connectivity index (χ0n) is 17.8. The van der Waals surface area contributed by atoms with Crippen LogP contribution in [0.15, 0.2) is 24.3 Å². The standard InChI is InChI=1S/C21H30F3N3O4/c1-11-14-8-9-27(18(14)25-10-26(11)3)19-16(29)20(2,30)17(31-19)15(28)12-4-6-13(7-5-12)21(22,23)24/h4-7,11,14-19,25,28-30H,8-10H2,1-3H3/t11?,14?,15-,16+,17-,18?,19-,20+/m1/s1. The summed E-state index contributed by atoms with van der Waals surface area (Å²) in [5, 5.41) is 36.1. The molecule has 0 saturated carbocycles. The molecule has 31 heavy (non-hydrogen) atoms. The van der Waals surface area contributed by atoms with Gasteiger partial charge in [-0.15, -0.1) is 0 Å². The van der Waals surface area contributed by atoms with E-state index in [1.54, 1.807) is 0 Å². The summed E-state index contributed by atoms with van der Waals surface area (Å²) in [6.45, 7) is 4.87. The first kappa shape index (κ1) is 22.9. The maximum Gasteiger partial charge on any atom is 0.416 e. The summed E-state index contributed by atoms with van der Waals surface area (Å²) in [4.78, 5) is 4.19. The molecule has 0 aromatic heterocycles. The zero-order chi connectivity index (χ0) is 22.7. The third-order valence-electron chi connectivity index (χ3n) is 7.27. The number of benzene rings is 1. The van der Waals surface area contributed by atoms with Crippen molar-refractivity contribution in [3.63, 3.8) is 0 Å². The van der Waals surface area contributed by atoms with Crippen molar-refractivity contribution < 1.29 is 33.2 Å². The Kier molecular flexibility index (Phi) is 5.87. The van der Waals surface area contributed by atoms with Gasteiger partial charge < -0.3 is 20.1 Å². The monoisotopic (exact) mass is 445 g/mol. The average Bonchev–Trinajstić information content (AvgIpc) is 3.23. The summed E-state index contributed by atoms with van der Waals surface area (Å²) in [7, 11) is 2.04. The third-order valence-corrected chi connectivity index (χ3v) is 7.27. The minimum Gasteiger partial charge on any atom is -0.386 e. The lowest BCUT2D eigenvalue weighted by molar-refractivity contribution is -0.138. The van der Waals surface area contributed by atoms with Crippen molar-refractivity contribution in [1.29, 1.82) is 0 Å². The van der Waals surface area contributed by atoms with E-state index < -0.39 is 41.9 Å². The van der Waals surface area contributed by atoms with E-state index in [0.29, 0.717) is 25.2 Å². The Morgan fingerprint density at radius 3 is 2.52 bits per heavy atom. The summed E-state index contributed by atoms with van der Waals surface area (Å²) in [6.07, 6.45) is -8.37. The largest absolute Gasteiger partial charge is 0.416 e. The molecular weight excluding hydrogens is 415 g/mol. The first-order chi connectivity index (χ1) is 14.4. The van der Waals surface area contributed by atoms with E-state index in [-0.39, 0.29) is 11.7 Å². The van der Waals surface area contributed by atoms with Gasteiger partial charge in [-0.1, -0.05) is 12.1 Å². The summed E-state index contributed by atoms with van der Waals surface area (Å²) in [6, 6.07) is 4.43. The number of nitrogens with zero attached hydrogens (tertiary/aromatic N) is 2. The minimum absolute atomic E-state index is 0.0383. The van der Waals surface area contributed by atoms with Gasteiger partial charge in [0.05, 0.1) is 11.7 Å². The Labute approximate surface area is 179 Å². The van der Waals surface area contributed by atoms with Crippen LogP contribution in [-0.2, 0) is 10.9 Å². The third kappa shape index (κ3) is 3.88. The molecule has 4 rings (SSSR count). The number of halogens is 3. The number of alkyl halides is 3. The number of hydrogen-bond acceptors (Lipinski definition) is 7. The fraction of sp³-hybridized carbons (Fsp3) is 0.714. The van der Waals surface area contributed by atoms with Gasteiger partial charge in [-0.05, 0) is 45.0 Å². The predicted octanol–water partition coefficient (Wildman–Crippen LogP) is 1.10. The van der Waals surface area contributed by atoms with Crippen LogP contribution in [0.5, 0.6) is 0 Å². The van der Waals surface area contributed by atoms with Gasteiger partial charge in [0, 0.05) is 25.2 Å². The Morgan fingerprint density at radius 1 is 1.26 bits per heavy atom. The molecule has 1 aromatic carbocycles. The van der Waals surface area contributed by atoms with Crippen LogP contribution in [-0.4, -0.2) is 81.6 Å². The molecule has 0 bridgehead atoms. The summed E-state index contributed by atoms with van der Waals surface area (Å²) in [5.41, 5.74) is -2.44. The van der Waals surface area contributed by atoms with Crippen LogP contribution in [0.25, 0.3) is 0 Å². The summed E-state index contributed by atoms with van der Waals surface area (Å²) < 4.78 is 44.5. The van der Waals surface area contributed by atoms with Crippen molar-refractivity contribution in [3.05, 3.63) is 35.4 Å². The highest BCUT2D eigenvalue weighted by atomic mass is 19.4. The first-order valence-corrected chi connectivity index (χ1v) is 10.5. The van der Waals surface area contributed by atoms with Gasteiger partial charge >= 0.3 is 6.18 Å². The molecule has 7 nitrogen and oxygen atoms in total. The van der Waals surface area contributed by atoms with Crippen molar-refractivity contribution in [2.24, 2.45) is 5.92 Å². The number of likely N-dealkylation sites (tertiary alicyclic amines) is 1. The van der Waals surface area contributed by atoms with Gasteiger partial charge in [0.25, 0.3) is 0 Å². The van der Waals surface area contributed by atoms with Gasteiger partial charge in [-0.25, -0.2) is 0 Å². The van der Waals surface area contributed by atoms with Crippen LogP contribution in [0.2, 0.25) is 0 Å². The molecule has 3 saturated heterocycles. The topological polar surface area (TPSA) is 88.4 Å². The molecule has 174 valence electrons. The van der Waals surface area contributed by atoms with Crippen LogP contribution in [0.4, 0.5) is 13.2 Å². The average molecular weight is 445 g/mol. The van der Waals surface area contributed by atoms with Crippen molar-refractivity contribution >= 4 is 0 Å². The van der Waals surface area contributed by atoms with Crippen LogP contribution in [0, 0.1) is 5.92 Å². The van der Waals surface area contributed by atoms with Crippen molar-refractivity contribution in [2.45, 2.75) is 68.8 Å². The molecule has 3 heterocycles. The molecule has 3 aliphatic heterocycles. The molecule has 3 unspecified atom stereocenters. The van der Waals surface area contributed by atoms with E-state index in [4.69, 9.17) is 4.74 Å². The Hall–Kier alpha value is -1.27. The fourth-order valence-electron chi connectivity index (χ4n) is 5.13. The molecule has 0 amide bonds. The number of hydrogen-bond donors (Lipinski definition) is 4. The summed E-state index contributed by atoms with van der Waals surface area (Å²) >= 11 is 0. The molecule has 0 radical (unpaired) electrons. The lowest BCUT2D eigenvalue weighted by Gasteiger charge is -2.43. The second kappa shape index (κ2) is 7.95. The Balaban J connectivity index is 1.53. The van der Waals surface area contributed by atoms with Crippen molar-refractivity contribution in [1.82, 2.24) is 15.1 Å². The highest BCUT2D eigenvalue weighted by molar-refractivity contribution is 5.28. The number of aliphatic hydroxyl groups is 3. The van der Waals surface area contributed by atoms with E-state index in [1.165, 1.54) is 19.1 Å². The quantitative estimate of drug-likeness (QED) is 0.554. The molecule has 4 N–H and O–H groups in total. The number of aliphatic hydroxyl groups excluding tert-OH is 2. The van der Waals surface area contributed by atoms with Crippen molar-refractivity contribution in [3.8, 4) is 0 Å². The fourth-order valence-corrected chi connectivity index (χ4v) is 5.13. The minimum atomic E-state index is -4.48. The zero-order valence-corrected chi connectivity index (χ0v) is 17.8. The maximum absolute atomic E-state index is 12.8. The highest BCUT2D eigenvalue weighted by Gasteiger charge is 2.59. The summed E-state index contributed by atoms with van der Waals surface area (Å²) in [5.74, 6) is 0.318. The number of nitrogens with one attached hydrogen (secondary N) is 1. The van der Waals surface area contributed by atoms with Crippen LogP contribution in [0.3, 0.4) is 0 Å². The lowest BCUT2D eigenvalue weighted by Crippen LogP contribution is -2.62. The number of ether oxygens (including phenoxy) is 1. The molecule has 10 heteroatoms. The van der Waals surface area contributed by atoms with Gasteiger partial charge in [0.1, 0.15) is 30.1 Å². The van der Waals surface area contributed by atoms with E-state index in [0.717, 1.165) is 18.6 Å². The molecule has 0 aliphatic carbocycles. The van der Waals surface area contributed by atoms with Crippen molar-refractivity contribution in [2.75, 3.05) is 20.3 Å². The predicted molar refractivity (Wildman–Crippen MR) is 106 cm³/mol. The second-order valence-corrected chi connectivity index (χ2v) is 9.18. The second-order valence-electron chi connectivity index (χ2n) is 9.18. The molecule has 3 aliphatic rings. The van der Waals surface area contributed by atoms with E-state index in [2.05, 4.69) is 17.1 Å². The highest BCUT2D eigenvalue weighted by Crippen LogP contribution is 2.43. The SMILES string of the molecule is CC1C2CCN([C@@H]3O[C@H]([C@H](O)c4ccc(C(F)(F)F)cc4)[C@@](C)(O)[C@H]3O)C2NCN1C. The lowest BCUT2D eigenvalue weighted by atomic mass is 9.88. The normalized spacial score (nSPS) is 40.8. The Bertz CT molecular complexity index is 791. The molecule has 0 spiro atoms. The Morgan fingerprint density at radius 2 is 1.90 bits per heavy atom. The van der Waals surface area contributed by atoms with E-state index in [1.807, 2.05) is 11.9 Å². The van der Waals surface area contributed by atoms with E-state index in [9.17, 15) is 28.5 Å². The molecule has 8 atom stereocenters. The van der Waals surface area contributed by atoms with Crippen LogP contribution < -0.4 is 5.32 Å². The molecule has 3 fully saturated rings.